The maximum atomic E-state index is 11.2. The number of fused-ring (bicyclic) bond motifs is 1. The highest BCUT2D eigenvalue weighted by Crippen LogP contribution is 2.28. The monoisotopic (exact) mass is 338 g/mol. The first kappa shape index (κ1) is 17.2. The summed E-state index contributed by atoms with van der Waals surface area (Å²) in [5, 5.41) is 9.22. The van der Waals surface area contributed by atoms with Crippen molar-refractivity contribution in [2.75, 3.05) is 6.61 Å². The summed E-state index contributed by atoms with van der Waals surface area (Å²) in [5.74, 6) is -0.107. The van der Waals surface area contributed by atoms with E-state index in [1.54, 1.807) is 6.92 Å². The molecule has 1 aliphatic heterocycles. The van der Waals surface area contributed by atoms with Gasteiger partial charge in [0.05, 0.1) is 0 Å². The molecule has 1 N–H and O–H groups in total. The Morgan fingerprint density at radius 2 is 2.00 bits per heavy atom. The van der Waals surface area contributed by atoms with Gasteiger partial charge in [-0.05, 0) is 36.3 Å². The van der Waals surface area contributed by atoms with E-state index in [1.165, 1.54) is 5.56 Å². The summed E-state index contributed by atoms with van der Waals surface area (Å²) in [4.78, 5) is 11.2. The van der Waals surface area contributed by atoms with Crippen LogP contribution in [0.2, 0.25) is 0 Å². The van der Waals surface area contributed by atoms with Crippen LogP contribution in [0.4, 0.5) is 0 Å². The van der Waals surface area contributed by atoms with Crippen LogP contribution in [-0.2, 0) is 22.4 Å². The second-order valence-corrected chi connectivity index (χ2v) is 6.06. The number of hydrogen-bond acceptors (Lipinski definition) is 3. The van der Waals surface area contributed by atoms with Crippen molar-refractivity contribution >= 4 is 12.0 Å². The molecule has 0 fully saturated rings. The van der Waals surface area contributed by atoms with Crippen LogP contribution in [0, 0.1) is 0 Å². The maximum Gasteiger partial charge on any atom is 0.333 e. The van der Waals surface area contributed by atoms with Crippen molar-refractivity contribution in [1.29, 1.82) is 0 Å². The molecular weight excluding hydrogens is 316 g/mol. The molecule has 4 heteroatoms. The summed E-state index contributed by atoms with van der Waals surface area (Å²) in [5.41, 5.74) is 3.13. The summed E-state index contributed by atoms with van der Waals surface area (Å²) in [6, 6.07) is 16.0. The summed E-state index contributed by atoms with van der Waals surface area (Å²) >= 11 is 0. The van der Waals surface area contributed by atoms with Gasteiger partial charge >= 0.3 is 5.97 Å². The van der Waals surface area contributed by atoms with E-state index < -0.39 is 12.1 Å². The normalized spacial score (nSPS) is 16.8. The van der Waals surface area contributed by atoms with Crippen molar-refractivity contribution in [3.05, 3.63) is 71.3 Å². The molecule has 0 aliphatic carbocycles. The number of hydrogen-bond donors (Lipinski definition) is 1. The van der Waals surface area contributed by atoms with Crippen molar-refractivity contribution in [2.24, 2.45) is 0 Å². The van der Waals surface area contributed by atoms with E-state index in [1.807, 2.05) is 42.5 Å². The average Bonchev–Trinajstić information content (AvgIpc) is 2.62. The Hall–Kier alpha value is -2.59. The third-order valence-corrected chi connectivity index (χ3v) is 4.19. The van der Waals surface area contributed by atoms with Gasteiger partial charge in [-0.25, -0.2) is 4.79 Å². The van der Waals surface area contributed by atoms with Crippen LogP contribution < -0.4 is 4.74 Å². The Labute approximate surface area is 147 Å². The Kier molecular flexibility index (Phi) is 5.51. The SMILES string of the molecule is CCOC(Cc1ccc2c(c1)C=C[C@@H](Cc1ccccc1)O2)C(=O)O. The summed E-state index contributed by atoms with van der Waals surface area (Å²) in [7, 11) is 0. The zero-order chi connectivity index (χ0) is 17.6. The molecule has 25 heavy (non-hydrogen) atoms. The zero-order valence-electron chi connectivity index (χ0n) is 14.2. The van der Waals surface area contributed by atoms with Gasteiger partial charge in [0.25, 0.3) is 0 Å². The molecule has 2 aromatic carbocycles. The van der Waals surface area contributed by atoms with Crippen molar-refractivity contribution in [3.63, 3.8) is 0 Å². The van der Waals surface area contributed by atoms with E-state index in [9.17, 15) is 9.90 Å². The van der Waals surface area contributed by atoms with Crippen molar-refractivity contribution < 1.29 is 19.4 Å². The van der Waals surface area contributed by atoms with Crippen LogP contribution in [0.25, 0.3) is 6.08 Å². The smallest absolute Gasteiger partial charge is 0.333 e. The van der Waals surface area contributed by atoms with Gasteiger partial charge in [0, 0.05) is 25.0 Å². The lowest BCUT2D eigenvalue weighted by molar-refractivity contribution is -0.149. The van der Waals surface area contributed by atoms with Crippen molar-refractivity contribution in [3.8, 4) is 5.75 Å². The van der Waals surface area contributed by atoms with Crippen molar-refractivity contribution in [2.45, 2.75) is 32.0 Å². The van der Waals surface area contributed by atoms with E-state index >= 15 is 0 Å². The minimum absolute atomic E-state index is 0.0101. The van der Waals surface area contributed by atoms with Crippen LogP contribution >= 0.6 is 0 Å². The number of carboxylic acid groups (broad SMARTS) is 1. The molecule has 0 amide bonds. The molecule has 2 atom stereocenters. The van der Waals surface area contributed by atoms with Gasteiger partial charge in [-0.15, -0.1) is 0 Å². The molecule has 130 valence electrons. The van der Waals surface area contributed by atoms with Gasteiger partial charge in [-0.3, -0.25) is 0 Å². The summed E-state index contributed by atoms with van der Waals surface area (Å²) in [6.07, 6.45) is 4.46. The number of carbonyl (C=O) groups is 1. The highest BCUT2D eigenvalue weighted by atomic mass is 16.5. The fraction of sp³-hybridized carbons (Fsp3) is 0.286. The van der Waals surface area contributed by atoms with Crippen LogP contribution in [0.3, 0.4) is 0 Å². The average molecular weight is 338 g/mol. The molecule has 4 nitrogen and oxygen atoms in total. The van der Waals surface area contributed by atoms with Crippen LogP contribution in [0.5, 0.6) is 5.75 Å². The lowest BCUT2D eigenvalue weighted by atomic mass is 10.00. The van der Waals surface area contributed by atoms with Gasteiger partial charge in [-0.1, -0.05) is 42.5 Å². The molecule has 3 rings (SSSR count). The largest absolute Gasteiger partial charge is 0.485 e. The first-order chi connectivity index (χ1) is 12.2. The topological polar surface area (TPSA) is 55.8 Å². The molecule has 0 radical (unpaired) electrons. The third kappa shape index (κ3) is 4.48. The highest BCUT2D eigenvalue weighted by molar-refractivity contribution is 5.73. The van der Waals surface area contributed by atoms with Gasteiger partial charge in [0.1, 0.15) is 11.9 Å². The minimum atomic E-state index is -0.936. The first-order valence-electron chi connectivity index (χ1n) is 8.52. The third-order valence-electron chi connectivity index (χ3n) is 4.19. The number of carboxylic acids is 1. The molecular formula is C21H22O4. The van der Waals surface area contributed by atoms with E-state index in [2.05, 4.69) is 18.2 Å². The molecule has 1 aliphatic rings. The Balaban J connectivity index is 1.69. The van der Waals surface area contributed by atoms with Gasteiger partial charge in [0.2, 0.25) is 0 Å². The second-order valence-electron chi connectivity index (χ2n) is 6.06. The minimum Gasteiger partial charge on any atom is -0.485 e. The molecule has 1 unspecified atom stereocenters. The number of rotatable bonds is 7. The number of aliphatic carboxylic acids is 1. The van der Waals surface area contributed by atoms with E-state index in [-0.39, 0.29) is 6.10 Å². The number of benzene rings is 2. The van der Waals surface area contributed by atoms with Crippen molar-refractivity contribution in [1.82, 2.24) is 0 Å². The molecule has 0 saturated carbocycles. The van der Waals surface area contributed by atoms with Crippen LogP contribution in [0.15, 0.2) is 54.6 Å². The van der Waals surface area contributed by atoms with Gasteiger partial charge in [-0.2, -0.15) is 0 Å². The molecule has 2 aromatic rings. The summed E-state index contributed by atoms with van der Waals surface area (Å²) in [6.45, 7) is 2.18. The molecule has 0 bridgehead atoms. The Morgan fingerprint density at radius 3 is 2.72 bits per heavy atom. The fourth-order valence-corrected chi connectivity index (χ4v) is 2.96. The van der Waals surface area contributed by atoms with E-state index in [0.29, 0.717) is 13.0 Å². The van der Waals surface area contributed by atoms with Crippen LogP contribution in [-0.4, -0.2) is 29.9 Å². The van der Waals surface area contributed by atoms with Crippen LogP contribution in [0.1, 0.15) is 23.6 Å². The Bertz CT molecular complexity index is 752. The Morgan fingerprint density at radius 1 is 1.20 bits per heavy atom. The fourth-order valence-electron chi connectivity index (χ4n) is 2.96. The van der Waals surface area contributed by atoms with E-state index in [4.69, 9.17) is 9.47 Å². The quantitative estimate of drug-likeness (QED) is 0.836. The lowest BCUT2D eigenvalue weighted by Gasteiger charge is -2.22. The number of ether oxygens (including phenoxy) is 2. The zero-order valence-corrected chi connectivity index (χ0v) is 14.2. The predicted octanol–water partition coefficient (Wildman–Crippen LogP) is 3.74. The molecule has 0 aromatic heterocycles. The molecule has 0 spiro atoms. The predicted molar refractivity (Wildman–Crippen MR) is 96.8 cm³/mol. The van der Waals surface area contributed by atoms with E-state index in [0.717, 1.165) is 23.3 Å². The molecule has 1 heterocycles. The second kappa shape index (κ2) is 7.99. The van der Waals surface area contributed by atoms with Gasteiger partial charge in [0.15, 0.2) is 6.10 Å². The first-order valence-corrected chi connectivity index (χ1v) is 8.52. The van der Waals surface area contributed by atoms with Gasteiger partial charge < -0.3 is 14.6 Å². The maximum absolute atomic E-state index is 11.2. The molecule has 0 saturated heterocycles. The summed E-state index contributed by atoms with van der Waals surface area (Å²) < 4.78 is 11.3. The lowest BCUT2D eigenvalue weighted by Crippen LogP contribution is -2.26. The standard InChI is InChI=1S/C21H22O4/c1-2-24-20(21(22)23)14-16-8-11-19-17(12-16)9-10-18(25-19)13-15-6-4-3-5-7-15/h3-12,18,20H,2,13-14H2,1H3,(H,22,23)/t18-,20?/m0/s1. The highest BCUT2D eigenvalue weighted by Gasteiger charge is 2.20.